The molecule has 1 saturated carbocycles. The Labute approximate surface area is 112 Å². The molecule has 0 saturated heterocycles. The smallest absolute Gasteiger partial charge is 0.191 e. The van der Waals surface area contributed by atoms with Gasteiger partial charge in [0.2, 0.25) is 0 Å². The summed E-state index contributed by atoms with van der Waals surface area (Å²) in [4.78, 5) is 0. The average molecular weight is 270 g/mol. The lowest BCUT2D eigenvalue weighted by molar-refractivity contribution is 0.119. The largest absolute Gasteiger partial charge is 0.484 e. The van der Waals surface area contributed by atoms with Crippen LogP contribution in [0.5, 0.6) is 5.75 Å². The topological polar surface area (TPSA) is 29.5 Å². The Morgan fingerprint density at radius 1 is 1.16 bits per heavy atom. The van der Waals surface area contributed by atoms with Crippen LogP contribution in [-0.2, 0) is 6.61 Å². The third-order valence-corrected chi connectivity index (χ3v) is 3.90. The van der Waals surface area contributed by atoms with Gasteiger partial charge in [0.15, 0.2) is 17.4 Å². The second-order valence-corrected chi connectivity index (χ2v) is 5.22. The minimum absolute atomic E-state index is 0.105. The van der Waals surface area contributed by atoms with Crippen molar-refractivity contribution in [3.63, 3.8) is 0 Å². The minimum atomic E-state index is -0.735. The van der Waals surface area contributed by atoms with E-state index < -0.39 is 11.6 Å². The first-order valence-corrected chi connectivity index (χ1v) is 6.89. The molecule has 2 nitrogen and oxygen atoms in total. The van der Waals surface area contributed by atoms with Gasteiger partial charge in [0, 0.05) is 0 Å². The molecule has 0 aromatic heterocycles. The summed E-state index contributed by atoms with van der Waals surface area (Å²) in [7, 11) is 0. The summed E-state index contributed by atoms with van der Waals surface area (Å²) in [6.07, 6.45) is 4.85. The summed E-state index contributed by atoms with van der Waals surface area (Å²) < 4.78 is 32.9. The molecule has 0 atom stereocenters. The predicted octanol–water partition coefficient (Wildman–Crippen LogP) is 3.80. The third-order valence-electron chi connectivity index (χ3n) is 3.90. The molecular weight excluding hydrogens is 250 g/mol. The molecule has 0 heterocycles. The maximum absolute atomic E-state index is 13.7. The molecule has 1 aliphatic rings. The fourth-order valence-electron chi connectivity index (χ4n) is 2.64. The van der Waals surface area contributed by atoms with Gasteiger partial charge < -0.3 is 9.84 Å². The number of aliphatic hydroxyl groups is 1. The standard InChI is InChI=1S/C15H20F2O2/c1-2-10-3-5-12(6-4-10)19-15-13(16)7-11(9-18)8-14(15)17/h7-8,10,12,18H,2-6,9H2,1H3. The van der Waals surface area contributed by atoms with Crippen molar-refractivity contribution in [2.75, 3.05) is 0 Å². The first-order chi connectivity index (χ1) is 9.13. The van der Waals surface area contributed by atoms with Gasteiger partial charge in [0.1, 0.15) is 0 Å². The van der Waals surface area contributed by atoms with E-state index >= 15 is 0 Å². The number of benzene rings is 1. The van der Waals surface area contributed by atoms with E-state index in [0.717, 1.165) is 44.2 Å². The van der Waals surface area contributed by atoms with E-state index in [0.29, 0.717) is 5.92 Å². The highest BCUT2D eigenvalue weighted by Crippen LogP contribution is 2.31. The molecule has 2 rings (SSSR count). The van der Waals surface area contributed by atoms with Gasteiger partial charge in [-0.15, -0.1) is 0 Å². The Bertz CT molecular complexity index is 403. The van der Waals surface area contributed by atoms with Gasteiger partial charge in [-0.1, -0.05) is 13.3 Å². The zero-order chi connectivity index (χ0) is 13.8. The Kier molecular flexibility index (Phi) is 4.75. The lowest BCUT2D eigenvalue weighted by atomic mass is 9.86. The molecule has 19 heavy (non-hydrogen) atoms. The van der Waals surface area contributed by atoms with E-state index in [4.69, 9.17) is 9.84 Å². The van der Waals surface area contributed by atoms with Crippen LogP contribution in [0.3, 0.4) is 0 Å². The maximum atomic E-state index is 13.7. The van der Waals surface area contributed by atoms with Crippen LogP contribution in [0.15, 0.2) is 12.1 Å². The van der Waals surface area contributed by atoms with Crippen molar-refractivity contribution in [2.24, 2.45) is 5.92 Å². The van der Waals surface area contributed by atoms with Gasteiger partial charge in [-0.3, -0.25) is 0 Å². The highest BCUT2D eigenvalue weighted by atomic mass is 19.1. The molecular formula is C15H20F2O2. The first kappa shape index (κ1) is 14.3. The van der Waals surface area contributed by atoms with Crippen LogP contribution in [0, 0.1) is 17.6 Å². The number of halogens is 2. The number of aliphatic hydroxyl groups excluding tert-OH is 1. The molecule has 1 aliphatic carbocycles. The third kappa shape index (κ3) is 3.44. The number of hydrogen-bond acceptors (Lipinski definition) is 2. The summed E-state index contributed by atoms with van der Waals surface area (Å²) in [5.74, 6) is -1.06. The second-order valence-electron chi connectivity index (χ2n) is 5.22. The van der Waals surface area contributed by atoms with E-state index in [1.165, 1.54) is 0 Å². The molecule has 0 spiro atoms. The average Bonchev–Trinajstić information content (AvgIpc) is 2.43. The van der Waals surface area contributed by atoms with Crippen molar-refractivity contribution in [1.29, 1.82) is 0 Å². The normalized spacial score (nSPS) is 23.4. The minimum Gasteiger partial charge on any atom is -0.484 e. The molecule has 0 radical (unpaired) electrons. The van der Waals surface area contributed by atoms with Gasteiger partial charge in [-0.2, -0.15) is 0 Å². The zero-order valence-electron chi connectivity index (χ0n) is 11.2. The molecule has 0 unspecified atom stereocenters. The van der Waals surface area contributed by atoms with Gasteiger partial charge in [-0.05, 0) is 49.3 Å². The molecule has 1 aromatic carbocycles. The Hall–Kier alpha value is -1.16. The molecule has 0 aliphatic heterocycles. The molecule has 1 aromatic rings. The molecule has 4 heteroatoms. The van der Waals surface area contributed by atoms with Crippen LogP contribution in [0.1, 0.15) is 44.6 Å². The van der Waals surface area contributed by atoms with Crippen LogP contribution in [0.2, 0.25) is 0 Å². The summed E-state index contributed by atoms with van der Waals surface area (Å²) in [5.41, 5.74) is 0.219. The van der Waals surface area contributed by atoms with Gasteiger partial charge in [0.25, 0.3) is 0 Å². The fraction of sp³-hybridized carbons (Fsp3) is 0.600. The maximum Gasteiger partial charge on any atom is 0.191 e. The van der Waals surface area contributed by atoms with Crippen molar-refractivity contribution in [2.45, 2.75) is 51.7 Å². The summed E-state index contributed by atoms with van der Waals surface area (Å²) in [5, 5.41) is 8.88. The molecule has 0 bridgehead atoms. The number of hydrogen-bond donors (Lipinski definition) is 1. The Morgan fingerprint density at radius 3 is 2.21 bits per heavy atom. The van der Waals surface area contributed by atoms with E-state index in [1.807, 2.05) is 0 Å². The number of rotatable bonds is 4. The van der Waals surface area contributed by atoms with Crippen molar-refractivity contribution < 1.29 is 18.6 Å². The molecule has 1 N–H and O–H groups in total. The lowest BCUT2D eigenvalue weighted by Gasteiger charge is -2.28. The van der Waals surface area contributed by atoms with Crippen LogP contribution in [-0.4, -0.2) is 11.2 Å². The monoisotopic (exact) mass is 270 g/mol. The van der Waals surface area contributed by atoms with E-state index in [-0.39, 0.29) is 24.0 Å². The van der Waals surface area contributed by atoms with Crippen LogP contribution < -0.4 is 4.74 Å². The zero-order valence-corrected chi connectivity index (χ0v) is 11.2. The van der Waals surface area contributed by atoms with Gasteiger partial charge in [0.05, 0.1) is 12.7 Å². The molecule has 0 amide bonds. The predicted molar refractivity (Wildman–Crippen MR) is 68.9 cm³/mol. The van der Waals surface area contributed by atoms with Crippen LogP contribution >= 0.6 is 0 Å². The van der Waals surface area contributed by atoms with Gasteiger partial charge >= 0.3 is 0 Å². The van der Waals surface area contributed by atoms with Crippen LogP contribution in [0.4, 0.5) is 8.78 Å². The van der Waals surface area contributed by atoms with E-state index in [9.17, 15) is 8.78 Å². The Balaban J connectivity index is 2.03. The van der Waals surface area contributed by atoms with Crippen molar-refractivity contribution in [3.8, 4) is 5.75 Å². The highest BCUT2D eigenvalue weighted by Gasteiger charge is 2.23. The summed E-state index contributed by atoms with van der Waals surface area (Å²) in [6, 6.07) is 2.24. The van der Waals surface area contributed by atoms with Crippen molar-refractivity contribution in [1.82, 2.24) is 0 Å². The van der Waals surface area contributed by atoms with Gasteiger partial charge in [-0.25, -0.2) is 8.78 Å². The lowest BCUT2D eigenvalue weighted by Crippen LogP contribution is -2.24. The fourth-order valence-corrected chi connectivity index (χ4v) is 2.64. The Morgan fingerprint density at radius 2 is 1.74 bits per heavy atom. The van der Waals surface area contributed by atoms with Crippen molar-refractivity contribution >= 4 is 0 Å². The molecule has 106 valence electrons. The summed E-state index contributed by atoms with van der Waals surface area (Å²) in [6.45, 7) is 1.79. The quantitative estimate of drug-likeness (QED) is 0.901. The highest BCUT2D eigenvalue weighted by molar-refractivity contribution is 5.31. The first-order valence-electron chi connectivity index (χ1n) is 6.89. The second kappa shape index (κ2) is 6.33. The van der Waals surface area contributed by atoms with E-state index in [1.54, 1.807) is 0 Å². The van der Waals surface area contributed by atoms with Crippen molar-refractivity contribution in [3.05, 3.63) is 29.3 Å². The van der Waals surface area contributed by atoms with E-state index in [2.05, 4.69) is 6.92 Å². The molecule has 1 fully saturated rings. The van der Waals surface area contributed by atoms with Crippen LogP contribution in [0.25, 0.3) is 0 Å². The number of ether oxygens (including phenoxy) is 1. The summed E-state index contributed by atoms with van der Waals surface area (Å²) >= 11 is 0. The SMILES string of the molecule is CCC1CCC(Oc2c(F)cc(CO)cc2F)CC1.